The monoisotopic (exact) mass is 200 g/mol. The van der Waals surface area contributed by atoms with Gasteiger partial charge in [-0.3, -0.25) is 4.68 Å². The summed E-state index contributed by atoms with van der Waals surface area (Å²) in [5.74, 6) is 0. The van der Waals surface area contributed by atoms with E-state index in [-0.39, 0.29) is 0 Å². The van der Waals surface area contributed by atoms with Crippen LogP contribution in [0.2, 0.25) is 5.15 Å². The van der Waals surface area contributed by atoms with Gasteiger partial charge in [-0.2, -0.15) is 5.10 Å². The highest BCUT2D eigenvalue weighted by atomic mass is 35.5. The normalized spacial score (nSPS) is 13.0. The van der Waals surface area contributed by atoms with Gasteiger partial charge in [-0.1, -0.05) is 18.2 Å². The zero-order valence-electron chi connectivity index (χ0n) is 8.00. The molecule has 1 aromatic rings. The van der Waals surface area contributed by atoms with Gasteiger partial charge in [-0.05, 0) is 19.4 Å². The zero-order chi connectivity index (χ0) is 10.2. The van der Waals surface area contributed by atoms with Gasteiger partial charge in [0.2, 0.25) is 0 Å². The molecule has 3 nitrogen and oxygen atoms in total. The third-order valence-corrected chi connectivity index (χ3v) is 2.38. The molecule has 1 unspecified atom stereocenters. The average Bonchev–Trinajstić information content (AvgIpc) is 2.26. The zero-order valence-corrected chi connectivity index (χ0v) is 8.76. The first kappa shape index (κ1) is 10.3. The van der Waals surface area contributed by atoms with Crippen LogP contribution in [0, 0.1) is 6.92 Å². The summed E-state index contributed by atoms with van der Waals surface area (Å²) in [5, 5.41) is 14.3. The summed E-state index contributed by atoms with van der Waals surface area (Å²) in [6.45, 7) is 7.25. The molecule has 1 heterocycles. The fourth-order valence-corrected chi connectivity index (χ4v) is 1.48. The van der Waals surface area contributed by atoms with Gasteiger partial charge < -0.3 is 5.11 Å². The van der Waals surface area contributed by atoms with E-state index in [2.05, 4.69) is 11.7 Å². The van der Waals surface area contributed by atoms with E-state index in [0.29, 0.717) is 16.3 Å². The number of rotatable bonds is 2. The third kappa shape index (κ3) is 1.76. The van der Waals surface area contributed by atoms with Gasteiger partial charge in [0.1, 0.15) is 11.3 Å². The topological polar surface area (TPSA) is 38.1 Å². The van der Waals surface area contributed by atoms with Crippen LogP contribution in [-0.4, -0.2) is 14.9 Å². The van der Waals surface area contributed by atoms with Crippen molar-refractivity contribution >= 4 is 11.6 Å². The first-order valence-corrected chi connectivity index (χ1v) is 4.35. The quantitative estimate of drug-likeness (QED) is 0.742. The Morgan fingerprint density at radius 3 is 2.54 bits per heavy atom. The third-order valence-electron chi connectivity index (χ3n) is 1.94. The largest absolute Gasteiger partial charge is 0.384 e. The maximum absolute atomic E-state index is 9.74. The molecule has 0 fully saturated rings. The highest BCUT2D eigenvalue weighted by Gasteiger charge is 2.19. The molecule has 1 atom stereocenters. The Hall–Kier alpha value is -0.800. The fraction of sp³-hybridized carbons (Fsp3) is 0.444. The molecule has 4 heteroatoms. The lowest BCUT2D eigenvalue weighted by molar-refractivity contribution is 0.215. The van der Waals surface area contributed by atoms with Crippen molar-refractivity contribution in [3.05, 3.63) is 28.6 Å². The van der Waals surface area contributed by atoms with Crippen LogP contribution in [0.25, 0.3) is 0 Å². The summed E-state index contributed by atoms with van der Waals surface area (Å²) in [5.41, 5.74) is 2.05. The second-order valence-corrected chi connectivity index (χ2v) is 3.52. The highest BCUT2D eigenvalue weighted by Crippen LogP contribution is 2.29. The molecule has 1 rings (SSSR count). The number of hydrogen-bond donors (Lipinski definition) is 1. The number of aliphatic hydroxyl groups excluding tert-OH is 1. The minimum absolute atomic E-state index is 0.466. The van der Waals surface area contributed by atoms with Crippen molar-refractivity contribution in [2.75, 3.05) is 0 Å². The smallest absolute Gasteiger partial charge is 0.133 e. The molecule has 0 amide bonds. The van der Waals surface area contributed by atoms with Gasteiger partial charge in [-0.25, -0.2) is 0 Å². The van der Waals surface area contributed by atoms with E-state index in [0.717, 1.165) is 5.69 Å². The van der Waals surface area contributed by atoms with Gasteiger partial charge >= 0.3 is 0 Å². The number of aromatic nitrogens is 2. The Morgan fingerprint density at radius 2 is 2.23 bits per heavy atom. The lowest BCUT2D eigenvalue weighted by Gasteiger charge is -2.09. The molecule has 1 aromatic heterocycles. The number of nitrogens with zero attached hydrogens (tertiary/aromatic N) is 2. The van der Waals surface area contributed by atoms with E-state index in [1.54, 1.807) is 18.7 Å². The maximum atomic E-state index is 9.74. The number of aryl methyl sites for hydroxylation is 2. The minimum atomic E-state index is -0.721. The van der Waals surface area contributed by atoms with E-state index in [1.165, 1.54) is 0 Å². The molecule has 0 aliphatic carbocycles. The van der Waals surface area contributed by atoms with Crippen molar-refractivity contribution in [1.29, 1.82) is 0 Å². The molecule has 0 aromatic carbocycles. The van der Waals surface area contributed by atoms with E-state index >= 15 is 0 Å². The molecule has 0 aliphatic heterocycles. The first-order valence-electron chi connectivity index (χ1n) is 3.97. The van der Waals surface area contributed by atoms with Crippen LogP contribution in [0.3, 0.4) is 0 Å². The van der Waals surface area contributed by atoms with Gasteiger partial charge in [0.25, 0.3) is 0 Å². The van der Waals surface area contributed by atoms with Crippen molar-refractivity contribution in [2.45, 2.75) is 20.0 Å². The number of aliphatic hydroxyl groups is 1. The highest BCUT2D eigenvalue weighted by molar-refractivity contribution is 6.30. The fourth-order valence-electron chi connectivity index (χ4n) is 1.20. The Labute approximate surface area is 82.6 Å². The lowest BCUT2D eigenvalue weighted by Crippen LogP contribution is -1.99. The molecule has 0 bridgehead atoms. The maximum Gasteiger partial charge on any atom is 0.133 e. The Morgan fingerprint density at radius 1 is 1.69 bits per heavy atom. The van der Waals surface area contributed by atoms with Crippen LogP contribution in [0.15, 0.2) is 12.2 Å². The Bertz CT molecular complexity index is 344. The summed E-state index contributed by atoms with van der Waals surface area (Å²) in [6, 6.07) is 0. The molecular weight excluding hydrogens is 188 g/mol. The molecule has 0 saturated carbocycles. The van der Waals surface area contributed by atoms with Gasteiger partial charge in [0, 0.05) is 12.6 Å². The SMILES string of the molecule is C=C(C)C(O)c1c(C)nn(C)c1Cl. The summed E-state index contributed by atoms with van der Waals surface area (Å²) < 4.78 is 1.54. The van der Waals surface area contributed by atoms with Crippen LogP contribution >= 0.6 is 11.6 Å². The summed E-state index contributed by atoms with van der Waals surface area (Å²) in [6.07, 6.45) is -0.721. The van der Waals surface area contributed by atoms with Crippen LogP contribution in [0.5, 0.6) is 0 Å². The molecule has 1 N–H and O–H groups in total. The predicted molar refractivity (Wildman–Crippen MR) is 52.7 cm³/mol. The standard InChI is InChI=1S/C9H13ClN2O/c1-5(2)8(13)7-6(3)11-12(4)9(7)10/h8,13H,1H2,2-4H3. The van der Waals surface area contributed by atoms with Crippen LogP contribution in [-0.2, 0) is 7.05 Å². The predicted octanol–water partition coefficient (Wildman–Crippen LogP) is 1.99. The average molecular weight is 201 g/mol. The van der Waals surface area contributed by atoms with Crippen molar-refractivity contribution in [3.8, 4) is 0 Å². The molecule has 0 saturated heterocycles. The van der Waals surface area contributed by atoms with Gasteiger partial charge in [-0.15, -0.1) is 0 Å². The lowest BCUT2D eigenvalue weighted by atomic mass is 10.1. The summed E-state index contributed by atoms with van der Waals surface area (Å²) in [7, 11) is 1.74. The van der Waals surface area contributed by atoms with Crippen LogP contribution in [0.4, 0.5) is 0 Å². The first-order chi connectivity index (χ1) is 5.95. The second-order valence-electron chi connectivity index (χ2n) is 3.16. The van der Waals surface area contributed by atoms with Crippen molar-refractivity contribution in [1.82, 2.24) is 9.78 Å². The molecule has 0 spiro atoms. The molecule has 72 valence electrons. The van der Waals surface area contributed by atoms with Crippen molar-refractivity contribution in [3.63, 3.8) is 0 Å². The Kier molecular flexibility index (Phi) is 2.78. The van der Waals surface area contributed by atoms with E-state index < -0.39 is 6.10 Å². The molecular formula is C9H13ClN2O. The Balaban J connectivity index is 3.20. The van der Waals surface area contributed by atoms with Crippen molar-refractivity contribution < 1.29 is 5.11 Å². The summed E-state index contributed by atoms with van der Waals surface area (Å²) in [4.78, 5) is 0. The minimum Gasteiger partial charge on any atom is -0.384 e. The number of hydrogen-bond acceptors (Lipinski definition) is 2. The molecule has 13 heavy (non-hydrogen) atoms. The van der Waals surface area contributed by atoms with E-state index in [1.807, 2.05) is 6.92 Å². The molecule has 0 radical (unpaired) electrons. The van der Waals surface area contributed by atoms with Crippen LogP contribution < -0.4 is 0 Å². The van der Waals surface area contributed by atoms with Gasteiger partial charge in [0.05, 0.1) is 5.69 Å². The van der Waals surface area contributed by atoms with Crippen LogP contribution in [0.1, 0.15) is 24.3 Å². The second kappa shape index (κ2) is 3.52. The van der Waals surface area contributed by atoms with E-state index in [4.69, 9.17) is 11.6 Å². The summed E-state index contributed by atoms with van der Waals surface area (Å²) >= 11 is 5.95. The number of halogens is 1. The van der Waals surface area contributed by atoms with E-state index in [9.17, 15) is 5.11 Å². The van der Waals surface area contributed by atoms with Crippen molar-refractivity contribution in [2.24, 2.45) is 7.05 Å². The van der Waals surface area contributed by atoms with Gasteiger partial charge in [0.15, 0.2) is 0 Å². The molecule has 0 aliphatic rings.